The molecular weight excluding hydrogens is 338 g/mol. The van der Waals surface area contributed by atoms with Crippen molar-refractivity contribution in [2.75, 3.05) is 12.4 Å². The Morgan fingerprint density at radius 3 is 2.73 bits per heavy atom. The van der Waals surface area contributed by atoms with Crippen LogP contribution in [-0.4, -0.2) is 7.11 Å². The SMILES string of the molecule is COc1ccc2c(c1)[C@@H]1C=CC[C@@H]1[C@H](c1ccc(Br)cc1)N2. The van der Waals surface area contributed by atoms with Crippen LogP contribution in [0.25, 0.3) is 0 Å². The lowest BCUT2D eigenvalue weighted by molar-refractivity contribution is 0.405. The summed E-state index contributed by atoms with van der Waals surface area (Å²) >= 11 is 3.52. The molecule has 2 nitrogen and oxygen atoms in total. The molecule has 3 heteroatoms. The highest BCUT2D eigenvalue weighted by atomic mass is 79.9. The fraction of sp³-hybridized carbons (Fsp3) is 0.263. The van der Waals surface area contributed by atoms with Gasteiger partial charge in [-0.2, -0.15) is 0 Å². The minimum atomic E-state index is 0.356. The molecule has 2 aliphatic rings. The van der Waals surface area contributed by atoms with Crippen molar-refractivity contribution in [2.24, 2.45) is 5.92 Å². The van der Waals surface area contributed by atoms with Crippen LogP contribution in [0.4, 0.5) is 5.69 Å². The van der Waals surface area contributed by atoms with Crippen molar-refractivity contribution in [3.05, 3.63) is 70.2 Å². The minimum absolute atomic E-state index is 0.356. The zero-order valence-corrected chi connectivity index (χ0v) is 14.0. The highest BCUT2D eigenvalue weighted by Gasteiger charge is 2.37. The Labute approximate surface area is 139 Å². The number of anilines is 1. The van der Waals surface area contributed by atoms with E-state index in [4.69, 9.17) is 4.74 Å². The van der Waals surface area contributed by atoms with E-state index in [0.717, 1.165) is 16.6 Å². The van der Waals surface area contributed by atoms with E-state index in [-0.39, 0.29) is 0 Å². The maximum Gasteiger partial charge on any atom is 0.119 e. The molecule has 0 amide bonds. The monoisotopic (exact) mass is 355 g/mol. The molecule has 4 rings (SSSR count). The van der Waals surface area contributed by atoms with Gasteiger partial charge in [-0.05, 0) is 53.8 Å². The molecule has 2 aromatic rings. The second-order valence-electron chi connectivity index (χ2n) is 5.98. The topological polar surface area (TPSA) is 21.3 Å². The van der Waals surface area contributed by atoms with E-state index >= 15 is 0 Å². The molecule has 0 spiro atoms. The maximum absolute atomic E-state index is 5.40. The molecule has 0 unspecified atom stereocenters. The highest BCUT2D eigenvalue weighted by Crippen LogP contribution is 2.50. The van der Waals surface area contributed by atoms with Gasteiger partial charge in [-0.3, -0.25) is 0 Å². The predicted molar refractivity (Wildman–Crippen MR) is 93.5 cm³/mol. The molecule has 2 aromatic carbocycles. The standard InChI is InChI=1S/C19H18BrNO/c1-22-14-9-10-18-17(11-14)15-3-2-4-16(15)19(21-18)12-5-7-13(20)8-6-12/h2-3,5-11,15-16,19,21H,4H2,1H3/t15-,16+,19+/m1/s1. The fourth-order valence-corrected chi connectivity index (χ4v) is 3.96. The van der Waals surface area contributed by atoms with Crippen molar-refractivity contribution in [1.82, 2.24) is 0 Å². The van der Waals surface area contributed by atoms with E-state index in [1.807, 2.05) is 6.07 Å². The van der Waals surface area contributed by atoms with Crippen LogP contribution in [0.2, 0.25) is 0 Å². The summed E-state index contributed by atoms with van der Waals surface area (Å²) in [7, 11) is 1.73. The predicted octanol–water partition coefficient (Wildman–Crippen LogP) is 5.28. The third-order valence-corrected chi connectivity index (χ3v) is 5.33. The molecular formula is C19H18BrNO. The van der Waals surface area contributed by atoms with Crippen molar-refractivity contribution in [2.45, 2.75) is 18.4 Å². The first kappa shape index (κ1) is 13.9. The Morgan fingerprint density at radius 2 is 1.95 bits per heavy atom. The lowest BCUT2D eigenvalue weighted by Crippen LogP contribution is -2.29. The van der Waals surface area contributed by atoms with Gasteiger partial charge < -0.3 is 10.1 Å². The first-order chi connectivity index (χ1) is 10.8. The number of methoxy groups -OCH3 is 1. The zero-order chi connectivity index (χ0) is 15.1. The number of benzene rings is 2. The average Bonchev–Trinajstić information content (AvgIpc) is 3.04. The van der Waals surface area contributed by atoms with Crippen LogP contribution in [0.3, 0.4) is 0 Å². The van der Waals surface area contributed by atoms with Crippen LogP contribution in [0.15, 0.2) is 59.1 Å². The molecule has 1 aliphatic heterocycles. The van der Waals surface area contributed by atoms with E-state index in [1.54, 1.807) is 7.11 Å². The van der Waals surface area contributed by atoms with Crippen LogP contribution in [0.1, 0.15) is 29.5 Å². The summed E-state index contributed by atoms with van der Waals surface area (Å²) in [4.78, 5) is 0. The Morgan fingerprint density at radius 1 is 1.14 bits per heavy atom. The van der Waals surface area contributed by atoms with Gasteiger partial charge >= 0.3 is 0 Å². The highest BCUT2D eigenvalue weighted by molar-refractivity contribution is 9.10. The van der Waals surface area contributed by atoms with Gasteiger partial charge in [0.15, 0.2) is 0 Å². The van der Waals surface area contributed by atoms with Gasteiger partial charge in [0, 0.05) is 16.1 Å². The molecule has 0 aromatic heterocycles. The number of hydrogen-bond donors (Lipinski definition) is 1. The third kappa shape index (κ3) is 2.24. The molecule has 1 N–H and O–H groups in total. The molecule has 22 heavy (non-hydrogen) atoms. The average molecular weight is 356 g/mol. The summed E-state index contributed by atoms with van der Waals surface area (Å²) in [5.41, 5.74) is 3.93. The second-order valence-corrected chi connectivity index (χ2v) is 6.90. The van der Waals surface area contributed by atoms with Crippen LogP contribution >= 0.6 is 15.9 Å². The summed E-state index contributed by atoms with van der Waals surface area (Å²) in [6.07, 6.45) is 5.79. The second kappa shape index (κ2) is 5.47. The van der Waals surface area contributed by atoms with E-state index in [2.05, 4.69) is 69.8 Å². The van der Waals surface area contributed by atoms with E-state index in [1.165, 1.54) is 16.8 Å². The van der Waals surface area contributed by atoms with Gasteiger partial charge in [0.2, 0.25) is 0 Å². The normalized spacial score (nSPS) is 25.3. The number of ether oxygens (including phenoxy) is 1. The van der Waals surface area contributed by atoms with Gasteiger partial charge in [-0.25, -0.2) is 0 Å². The van der Waals surface area contributed by atoms with E-state index in [0.29, 0.717) is 17.9 Å². The largest absolute Gasteiger partial charge is 0.497 e. The van der Waals surface area contributed by atoms with Crippen LogP contribution in [0.5, 0.6) is 5.75 Å². The van der Waals surface area contributed by atoms with Gasteiger partial charge in [0.05, 0.1) is 13.2 Å². The third-order valence-electron chi connectivity index (χ3n) is 4.80. The van der Waals surface area contributed by atoms with Crippen molar-refractivity contribution >= 4 is 21.6 Å². The summed E-state index contributed by atoms with van der Waals surface area (Å²) in [5, 5.41) is 3.74. The van der Waals surface area contributed by atoms with Crippen molar-refractivity contribution < 1.29 is 4.74 Å². The number of nitrogens with one attached hydrogen (secondary N) is 1. The lowest BCUT2D eigenvalue weighted by Gasteiger charge is -2.37. The molecule has 0 saturated heterocycles. The summed E-state index contributed by atoms with van der Waals surface area (Å²) in [6.45, 7) is 0. The smallest absolute Gasteiger partial charge is 0.119 e. The zero-order valence-electron chi connectivity index (χ0n) is 12.4. The molecule has 3 atom stereocenters. The van der Waals surface area contributed by atoms with E-state index < -0.39 is 0 Å². The van der Waals surface area contributed by atoms with Crippen LogP contribution in [0, 0.1) is 5.92 Å². The Bertz CT molecular complexity index is 723. The van der Waals surface area contributed by atoms with Gasteiger partial charge in [-0.15, -0.1) is 0 Å². The number of rotatable bonds is 2. The maximum atomic E-state index is 5.40. The van der Waals surface area contributed by atoms with Crippen LogP contribution in [-0.2, 0) is 0 Å². The van der Waals surface area contributed by atoms with E-state index in [9.17, 15) is 0 Å². The summed E-state index contributed by atoms with van der Waals surface area (Å²) in [6, 6.07) is 15.4. The number of fused-ring (bicyclic) bond motifs is 3. The van der Waals surface area contributed by atoms with Gasteiger partial charge in [0.1, 0.15) is 5.75 Å². The van der Waals surface area contributed by atoms with Crippen molar-refractivity contribution in [3.8, 4) is 5.75 Å². The number of allylic oxidation sites excluding steroid dienone is 2. The molecule has 0 radical (unpaired) electrons. The molecule has 0 fully saturated rings. The lowest BCUT2D eigenvalue weighted by atomic mass is 9.77. The molecule has 0 saturated carbocycles. The summed E-state index contributed by atoms with van der Waals surface area (Å²) < 4.78 is 6.52. The minimum Gasteiger partial charge on any atom is -0.497 e. The molecule has 112 valence electrons. The van der Waals surface area contributed by atoms with Crippen LogP contribution < -0.4 is 10.1 Å². The van der Waals surface area contributed by atoms with Crippen molar-refractivity contribution in [1.29, 1.82) is 0 Å². The number of hydrogen-bond acceptors (Lipinski definition) is 2. The number of halogens is 1. The van der Waals surface area contributed by atoms with Gasteiger partial charge in [-0.1, -0.05) is 40.2 Å². The fourth-order valence-electron chi connectivity index (χ4n) is 3.70. The Hall–Kier alpha value is -1.74. The molecule has 1 aliphatic carbocycles. The molecule has 1 heterocycles. The first-order valence-corrected chi connectivity index (χ1v) is 8.42. The summed E-state index contributed by atoms with van der Waals surface area (Å²) in [5.74, 6) is 1.97. The Kier molecular flexibility index (Phi) is 3.45. The van der Waals surface area contributed by atoms with Crippen molar-refractivity contribution in [3.63, 3.8) is 0 Å². The molecule has 0 bridgehead atoms. The Balaban J connectivity index is 1.76. The van der Waals surface area contributed by atoms with Gasteiger partial charge in [0.25, 0.3) is 0 Å². The quantitative estimate of drug-likeness (QED) is 0.739. The first-order valence-electron chi connectivity index (χ1n) is 7.63.